The third-order valence-electron chi connectivity index (χ3n) is 1.57. The molecule has 0 fully saturated rings. The lowest BCUT2D eigenvalue weighted by atomic mass is 10.2. The molecule has 0 heterocycles. The molecule has 1 aliphatic carbocycles. The van der Waals surface area contributed by atoms with Crippen molar-refractivity contribution in [2.45, 2.75) is 19.1 Å². The zero-order chi connectivity index (χ0) is 8.43. The fraction of sp³-hybridized carbons (Fsp3) is 0.375. The minimum Gasteiger partial charge on any atom is -0.386 e. The first kappa shape index (κ1) is 8.17. The van der Waals surface area contributed by atoms with E-state index >= 15 is 0 Å². The van der Waals surface area contributed by atoms with Crippen LogP contribution in [0.15, 0.2) is 23.8 Å². The Balaban J connectivity index is 2.83. The lowest BCUT2D eigenvalue weighted by molar-refractivity contribution is -0.125. The number of rotatable bonds is 1. The molecular weight excluding hydrogens is 144 g/mol. The molecule has 1 rings (SSSR count). The molecule has 0 amide bonds. The lowest BCUT2D eigenvalue weighted by Crippen LogP contribution is -2.26. The summed E-state index contributed by atoms with van der Waals surface area (Å²) in [5.74, 6) is -0.407. The summed E-state index contributed by atoms with van der Waals surface area (Å²) in [5, 5.41) is 18.0. The fourth-order valence-electron chi connectivity index (χ4n) is 1.00. The zero-order valence-electron chi connectivity index (χ0n) is 6.19. The zero-order valence-corrected chi connectivity index (χ0v) is 6.19. The van der Waals surface area contributed by atoms with E-state index in [1.165, 1.54) is 6.08 Å². The second kappa shape index (κ2) is 2.98. The van der Waals surface area contributed by atoms with Crippen molar-refractivity contribution in [1.29, 1.82) is 0 Å². The molecule has 1 aliphatic rings. The Hall–Kier alpha value is -0.930. The lowest BCUT2D eigenvalue weighted by Gasteiger charge is -2.02. The molecule has 3 nitrogen and oxygen atoms in total. The van der Waals surface area contributed by atoms with Crippen LogP contribution in [0.3, 0.4) is 0 Å². The van der Waals surface area contributed by atoms with Gasteiger partial charge in [-0.25, -0.2) is 0 Å². The van der Waals surface area contributed by atoms with Gasteiger partial charge in [0.2, 0.25) is 0 Å². The third kappa shape index (κ3) is 1.39. The number of aliphatic hydroxyl groups excluding tert-OH is 2. The van der Waals surface area contributed by atoms with Crippen molar-refractivity contribution in [3.05, 3.63) is 23.8 Å². The Labute approximate surface area is 64.7 Å². The van der Waals surface area contributed by atoms with Crippen molar-refractivity contribution >= 4 is 5.78 Å². The number of hydrogen-bond acceptors (Lipinski definition) is 3. The normalized spacial score (nSPS) is 31.5. The summed E-state index contributed by atoms with van der Waals surface area (Å²) in [6, 6.07) is 0. The number of ketones is 1. The molecule has 11 heavy (non-hydrogen) atoms. The van der Waals surface area contributed by atoms with Crippen molar-refractivity contribution < 1.29 is 15.0 Å². The van der Waals surface area contributed by atoms with Gasteiger partial charge in [-0.05, 0) is 13.0 Å². The van der Waals surface area contributed by atoms with Gasteiger partial charge >= 0.3 is 0 Å². The van der Waals surface area contributed by atoms with E-state index in [-0.39, 0.29) is 0 Å². The van der Waals surface area contributed by atoms with Crippen molar-refractivity contribution in [3.63, 3.8) is 0 Å². The monoisotopic (exact) mass is 154 g/mol. The third-order valence-corrected chi connectivity index (χ3v) is 1.57. The minimum absolute atomic E-state index is 0.382. The summed E-state index contributed by atoms with van der Waals surface area (Å²) in [4.78, 5) is 11.0. The van der Waals surface area contributed by atoms with Crippen LogP contribution < -0.4 is 0 Å². The van der Waals surface area contributed by atoms with Gasteiger partial charge in [0.25, 0.3) is 0 Å². The molecule has 2 N–H and O–H groups in total. The largest absolute Gasteiger partial charge is 0.386 e. The standard InChI is InChI=1S/C8H10O3/c1-2-3-5-4-6(9)8(11)7(5)10/h2-4,6,8-9,11H,1H3/b3-2+. The molecule has 0 aromatic heterocycles. The van der Waals surface area contributed by atoms with Gasteiger partial charge in [-0.1, -0.05) is 12.2 Å². The van der Waals surface area contributed by atoms with Gasteiger partial charge in [0.05, 0.1) is 0 Å². The van der Waals surface area contributed by atoms with Crippen molar-refractivity contribution in [2.75, 3.05) is 0 Å². The molecule has 0 saturated carbocycles. The van der Waals surface area contributed by atoms with E-state index in [2.05, 4.69) is 0 Å². The highest BCUT2D eigenvalue weighted by Gasteiger charge is 2.31. The SMILES string of the molecule is C/C=C/C1=CC(O)C(O)C1=O. The molecule has 0 bridgehead atoms. The number of aliphatic hydroxyl groups is 2. The van der Waals surface area contributed by atoms with E-state index in [0.29, 0.717) is 5.57 Å². The number of hydrogen-bond donors (Lipinski definition) is 2. The molecule has 60 valence electrons. The Morgan fingerprint density at radius 1 is 1.55 bits per heavy atom. The molecular formula is C8H10O3. The molecule has 0 radical (unpaired) electrons. The quantitative estimate of drug-likeness (QED) is 0.549. The summed E-state index contributed by atoms with van der Waals surface area (Å²) in [7, 11) is 0. The average Bonchev–Trinajstić information content (AvgIpc) is 2.19. The predicted molar refractivity (Wildman–Crippen MR) is 39.9 cm³/mol. The molecule has 0 saturated heterocycles. The van der Waals surface area contributed by atoms with Crippen LogP contribution in [0.4, 0.5) is 0 Å². The first-order valence-electron chi connectivity index (χ1n) is 3.41. The summed E-state index contributed by atoms with van der Waals surface area (Å²) < 4.78 is 0. The number of Topliss-reactive ketones (excluding diaryl/α,β-unsaturated/α-hetero) is 1. The van der Waals surface area contributed by atoms with Gasteiger partial charge in [0, 0.05) is 5.57 Å². The van der Waals surface area contributed by atoms with E-state index < -0.39 is 18.0 Å². The maximum absolute atomic E-state index is 11.0. The van der Waals surface area contributed by atoms with Crippen LogP contribution in [0.25, 0.3) is 0 Å². The number of allylic oxidation sites excluding steroid dienone is 2. The minimum atomic E-state index is -1.26. The Bertz CT molecular complexity index is 227. The fourth-order valence-corrected chi connectivity index (χ4v) is 1.00. The van der Waals surface area contributed by atoms with Crippen LogP contribution in [0.5, 0.6) is 0 Å². The van der Waals surface area contributed by atoms with Gasteiger partial charge in [0.1, 0.15) is 12.2 Å². The summed E-state index contributed by atoms with van der Waals surface area (Å²) in [6.07, 6.45) is 2.32. The van der Waals surface area contributed by atoms with Crippen LogP contribution in [-0.2, 0) is 4.79 Å². The first-order chi connectivity index (χ1) is 5.16. The van der Waals surface area contributed by atoms with Crippen LogP contribution in [-0.4, -0.2) is 28.2 Å². The highest BCUT2D eigenvalue weighted by atomic mass is 16.3. The van der Waals surface area contributed by atoms with Crippen LogP contribution in [0.1, 0.15) is 6.92 Å². The van der Waals surface area contributed by atoms with Gasteiger partial charge in [-0.15, -0.1) is 0 Å². The van der Waals surface area contributed by atoms with Crippen LogP contribution in [0, 0.1) is 0 Å². The maximum atomic E-state index is 11.0. The second-order valence-corrected chi connectivity index (χ2v) is 2.42. The van der Waals surface area contributed by atoms with Crippen molar-refractivity contribution in [2.24, 2.45) is 0 Å². The molecule has 2 atom stereocenters. The predicted octanol–water partition coefficient (Wildman–Crippen LogP) is -0.207. The van der Waals surface area contributed by atoms with Crippen LogP contribution in [0.2, 0.25) is 0 Å². The maximum Gasteiger partial charge on any atom is 0.194 e. The Morgan fingerprint density at radius 3 is 2.55 bits per heavy atom. The summed E-state index contributed by atoms with van der Waals surface area (Å²) in [5.41, 5.74) is 0.382. The molecule has 0 aliphatic heterocycles. The van der Waals surface area contributed by atoms with Gasteiger partial charge in [-0.3, -0.25) is 4.79 Å². The molecule has 0 aromatic carbocycles. The first-order valence-corrected chi connectivity index (χ1v) is 3.41. The van der Waals surface area contributed by atoms with Crippen LogP contribution >= 0.6 is 0 Å². The number of carbonyl (C=O) groups excluding carboxylic acids is 1. The Morgan fingerprint density at radius 2 is 2.18 bits per heavy atom. The molecule has 0 aromatic rings. The molecule has 3 heteroatoms. The van der Waals surface area contributed by atoms with E-state index in [4.69, 9.17) is 10.2 Å². The van der Waals surface area contributed by atoms with Gasteiger partial charge in [0.15, 0.2) is 5.78 Å². The van der Waals surface area contributed by atoms with Crippen molar-refractivity contribution in [1.82, 2.24) is 0 Å². The summed E-state index contributed by atoms with van der Waals surface area (Å²) in [6.45, 7) is 1.77. The highest BCUT2D eigenvalue weighted by Crippen LogP contribution is 2.16. The van der Waals surface area contributed by atoms with E-state index in [1.54, 1.807) is 19.1 Å². The molecule has 2 unspecified atom stereocenters. The second-order valence-electron chi connectivity index (χ2n) is 2.42. The average molecular weight is 154 g/mol. The summed E-state index contributed by atoms with van der Waals surface area (Å²) >= 11 is 0. The van der Waals surface area contributed by atoms with E-state index in [0.717, 1.165) is 0 Å². The van der Waals surface area contributed by atoms with E-state index in [9.17, 15) is 4.79 Å². The highest BCUT2D eigenvalue weighted by molar-refractivity contribution is 6.04. The molecule has 0 spiro atoms. The topological polar surface area (TPSA) is 57.5 Å². The van der Waals surface area contributed by atoms with Gasteiger partial charge < -0.3 is 10.2 Å². The smallest absolute Gasteiger partial charge is 0.194 e. The van der Waals surface area contributed by atoms with Crippen molar-refractivity contribution in [3.8, 4) is 0 Å². The number of carbonyl (C=O) groups is 1. The Kier molecular flexibility index (Phi) is 2.22. The van der Waals surface area contributed by atoms with Gasteiger partial charge in [-0.2, -0.15) is 0 Å². The van der Waals surface area contributed by atoms with E-state index in [1.807, 2.05) is 0 Å².